The minimum absolute atomic E-state index is 0.0109. The number of nitro groups is 1. The summed E-state index contributed by atoms with van der Waals surface area (Å²) in [7, 11) is 0. The summed E-state index contributed by atoms with van der Waals surface area (Å²) >= 11 is 0. The number of nitro benzene ring substituents is 1. The first-order chi connectivity index (χ1) is 14.9. The van der Waals surface area contributed by atoms with E-state index in [4.69, 9.17) is 4.42 Å². The van der Waals surface area contributed by atoms with Crippen LogP contribution in [0.3, 0.4) is 0 Å². The standard InChI is InChI=1S/C22H23N5O4/c1-15-11-16(2)13-18(12-15)22(28)26-9-7-25(8-10-26)14-20-23-24-21(31-20)17-3-5-19(6-4-17)27(29)30/h3-6,11-13H,7-10,14H2,1-2H3. The van der Waals surface area contributed by atoms with Gasteiger partial charge in [-0.1, -0.05) is 17.2 Å². The molecule has 1 amide bonds. The van der Waals surface area contributed by atoms with Gasteiger partial charge in [0.05, 0.1) is 11.5 Å². The Morgan fingerprint density at radius 3 is 2.29 bits per heavy atom. The van der Waals surface area contributed by atoms with Crippen LogP contribution in [0.4, 0.5) is 5.69 Å². The molecule has 2 heterocycles. The number of hydrogen-bond donors (Lipinski definition) is 0. The fraction of sp³-hybridized carbons (Fsp3) is 0.318. The Morgan fingerprint density at radius 2 is 1.68 bits per heavy atom. The first kappa shape index (κ1) is 20.7. The lowest BCUT2D eigenvalue weighted by Gasteiger charge is -2.34. The molecule has 0 aliphatic carbocycles. The van der Waals surface area contributed by atoms with Gasteiger partial charge in [0.2, 0.25) is 11.8 Å². The second-order valence-corrected chi connectivity index (χ2v) is 7.75. The number of aromatic nitrogens is 2. The third-order valence-electron chi connectivity index (χ3n) is 5.28. The third kappa shape index (κ3) is 4.77. The van der Waals surface area contributed by atoms with Gasteiger partial charge in [-0.2, -0.15) is 0 Å². The van der Waals surface area contributed by atoms with Crippen molar-refractivity contribution in [3.63, 3.8) is 0 Å². The van der Waals surface area contributed by atoms with Crippen molar-refractivity contribution in [3.8, 4) is 11.5 Å². The van der Waals surface area contributed by atoms with Crippen LogP contribution in [0.25, 0.3) is 11.5 Å². The monoisotopic (exact) mass is 421 g/mol. The van der Waals surface area contributed by atoms with E-state index >= 15 is 0 Å². The Kier molecular flexibility index (Phi) is 5.77. The highest BCUT2D eigenvalue weighted by molar-refractivity contribution is 5.94. The quantitative estimate of drug-likeness (QED) is 0.460. The number of carbonyl (C=O) groups excluding carboxylic acids is 1. The fourth-order valence-electron chi connectivity index (χ4n) is 3.74. The Morgan fingerprint density at radius 1 is 1.03 bits per heavy atom. The normalized spacial score (nSPS) is 14.6. The van der Waals surface area contributed by atoms with Crippen LogP contribution in [0.2, 0.25) is 0 Å². The molecular weight excluding hydrogens is 398 g/mol. The number of amides is 1. The van der Waals surface area contributed by atoms with Gasteiger partial charge in [-0.25, -0.2) is 0 Å². The van der Waals surface area contributed by atoms with Crippen LogP contribution in [0, 0.1) is 24.0 Å². The lowest BCUT2D eigenvalue weighted by atomic mass is 10.1. The molecule has 1 saturated heterocycles. The largest absolute Gasteiger partial charge is 0.419 e. The minimum Gasteiger partial charge on any atom is -0.419 e. The molecule has 1 fully saturated rings. The molecule has 1 aromatic heterocycles. The van der Waals surface area contributed by atoms with Crippen molar-refractivity contribution < 1.29 is 14.1 Å². The Hall–Kier alpha value is -3.59. The van der Waals surface area contributed by atoms with Crippen molar-refractivity contribution in [2.24, 2.45) is 0 Å². The van der Waals surface area contributed by atoms with Crippen LogP contribution in [0.15, 0.2) is 46.9 Å². The van der Waals surface area contributed by atoms with Crippen molar-refractivity contribution >= 4 is 11.6 Å². The SMILES string of the molecule is Cc1cc(C)cc(C(=O)N2CCN(Cc3nnc(-c4ccc([N+](=O)[O-])cc4)o3)CC2)c1. The molecule has 31 heavy (non-hydrogen) atoms. The second kappa shape index (κ2) is 8.65. The Labute approximate surface area is 179 Å². The van der Waals surface area contributed by atoms with Crippen LogP contribution in [0.1, 0.15) is 27.4 Å². The highest BCUT2D eigenvalue weighted by Crippen LogP contribution is 2.22. The van der Waals surface area contributed by atoms with Gasteiger partial charge in [0.1, 0.15) is 0 Å². The maximum atomic E-state index is 12.8. The smallest absolute Gasteiger partial charge is 0.269 e. The molecular formula is C22H23N5O4. The zero-order valence-electron chi connectivity index (χ0n) is 17.4. The Balaban J connectivity index is 1.34. The summed E-state index contributed by atoms with van der Waals surface area (Å²) in [5.41, 5.74) is 3.55. The molecule has 0 atom stereocenters. The van der Waals surface area contributed by atoms with Crippen LogP contribution in [-0.4, -0.2) is 57.0 Å². The maximum Gasteiger partial charge on any atom is 0.269 e. The number of piperazine rings is 1. The molecule has 2 aromatic carbocycles. The van der Waals surface area contributed by atoms with Crippen molar-refractivity contribution in [3.05, 3.63) is 75.2 Å². The number of aryl methyl sites for hydroxylation is 2. The molecule has 0 unspecified atom stereocenters. The van der Waals surface area contributed by atoms with Crippen molar-refractivity contribution in [1.29, 1.82) is 0 Å². The van der Waals surface area contributed by atoms with Crippen LogP contribution in [0.5, 0.6) is 0 Å². The summed E-state index contributed by atoms with van der Waals surface area (Å²) in [5.74, 6) is 0.862. The summed E-state index contributed by atoms with van der Waals surface area (Å²) in [6.07, 6.45) is 0. The molecule has 9 heteroatoms. The lowest BCUT2D eigenvalue weighted by molar-refractivity contribution is -0.384. The highest BCUT2D eigenvalue weighted by Gasteiger charge is 2.24. The van der Waals surface area contributed by atoms with Gasteiger partial charge in [0.25, 0.3) is 11.6 Å². The number of carbonyl (C=O) groups is 1. The molecule has 0 spiro atoms. The lowest BCUT2D eigenvalue weighted by Crippen LogP contribution is -2.48. The summed E-state index contributed by atoms with van der Waals surface area (Å²) in [4.78, 5) is 27.2. The van der Waals surface area contributed by atoms with Crippen molar-refractivity contribution in [2.75, 3.05) is 26.2 Å². The van der Waals surface area contributed by atoms with Gasteiger partial charge in [0.15, 0.2) is 0 Å². The van der Waals surface area contributed by atoms with Gasteiger partial charge in [-0.15, -0.1) is 10.2 Å². The molecule has 0 radical (unpaired) electrons. The van der Waals surface area contributed by atoms with E-state index in [0.29, 0.717) is 50.1 Å². The first-order valence-electron chi connectivity index (χ1n) is 10.1. The molecule has 9 nitrogen and oxygen atoms in total. The third-order valence-corrected chi connectivity index (χ3v) is 5.28. The van der Waals surface area contributed by atoms with E-state index in [-0.39, 0.29) is 11.6 Å². The minimum atomic E-state index is -0.451. The topological polar surface area (TPSA) is 106 Å². The van der Waals surface area contributed by atoms with Gasteiger partial charge < -0.3 is 9.32 Å². The second-order valence-electron chi connectivity index (χ2n) is 7.75. The number of hydrogen-bond acceptors (Lipinski definition) is 7. The number of rotatable bonds is 5. The van der Waals surface area contributed by atoms with Crippen LogP contribution < -0.4 is 0 Å². The van der Waals surface area contributed by atoms with E-state index in [2.05, 4.69) is 21.2 Å². The van der Waals surface area contributed by atoms with E-state index in [1.807, 2.05) is 30.9 Å². The predicted octanol–water partition coefficient (Wildman–Crippen LogP) is 3.22. The number of non-ortho nitro benzene ring substituents is 1. The summed E-state index contributed by atoms with van der Waals surface area (Å²) in [6.45, 7) is 7.18. The zero-order chi connectivity index (χ0) is 22.0. The fourth-order valence-corrected chi connectivity index (χ4v) is 3.74. The molecule has 0 N–H and O–H groups in total. The number of nitrogens with zero attached hydrogens (tertiary/aromatic N) is 5. The van der Waals surface area contributed by atoms with E-state index in [9.17, 15) is 14.9 Å². The van der Waals surface area contributed by atoms with Crippen LogP contribution >= 0.6 is 0 Å². The van der Waals surface area contributed by atoms with Crippen molar-refractivity contribution in [1.82, 2.24) is 20.0 Å². The summed E-state index contributed by atoms with van der Waals surface area (Å²) in [5, 5.41) is 18.9. The van der Waals surface area contributed by atoms with E-state index in [1.54, 1.807) is 12.1 Å². The molecule has 0 bridgehead atoms. The van der Waals surface area contributed by atoms with Gasteiger partial charge in [0, 0.05) is 49.4 Å². The summed E-state index contributed by atoms with van der Waals surface area (Å²) < 4.78 is 5.73. The molecule has 4 rings (SSSR count). The zero-order valence-corrected chi connectivity index (χ0v) is 17.4. The molecule has 0 saturated carbocycles. The van der Waals surface area contributed by atoms with E-state index in [1.165, 1.54) is 12.1 Å². The van der Waals surface area contributed by atoms with E-state index in [0.717, 1.165) is 16.7 Å². The molecule has 1 aliphatic rings. The van der Waals surface area contributed by atoms with Gasteiger partial charge in [-0.3, -0.25) is 19.8 Å². The van der Waals surface area contributed by atoms with Crippen LogP contribution in [-0.2, 0) is 6.54 Å². The maximum absolute atomic E-state index is 12.8. The van der Waals surface area contributed by atoms with Gasteiger partial charge in [-0.05, 0) is 38.1 Å². The summed E-state index contributed by atoms with van der Waals surface area (Å²) in [6, 6.07) is 11.9. The average Bonchev–Trinajstić information content (AvgIpc) is 3.21. The molecule has 1 aliphatic heterocycles. The predicted molar refractivity (Wildman–Crippen MR) is 113 cm³/mol. The Bertz CT molecular complexity index is 1080. The van der Waals surface area contributed by atoms with E-state index < -0.39 is 4.92 Å². The number of benzene rings is 2. The average molecular weight is 421 g/mol. The molecule has 160 valence electrons. The van der Waals surface area contributed by atoms with Crippen molar-refractivity contribution in [2.45, 2.75) is 20.4 Å². The first-order valence-corrected chi connectivity index (χ1v) is 10.1. The molecule has 3 aromatic rings. The van der Waals surface area contributed by atoms with Gasteiger partial charge >= 0.3 is 0 Å². The highest BCUT2D eigenvalue weighted by atomic mass is 16.6.